The zero-order chi connectivity index (χ0) is 6.57. The molecule has 0 spiro atoms. The van der Waals surface area contributed by atoms with Crippen LogP contribution in [-0.4, -0.2) is 11.9 Å². The van der Waals surface area contributed by atoms with Crippen LogP contribution >= 0.6 is 0 Å². The number of hydrogen-bond acceptors (Lipinski definition) is 3. The zero-order valence-electron chi connectivity index (χ0n) is 4.43. The van der Waals surface area contributed by atoms with Crippen molar-refractivity contribution in [2.24, 2.45) is 0 Å². The summed E-state index contributed by atoms with van der Waals surface area (Å²) in [5, 5.41) is 0. The molecule has 0 heterocycles. The minimum absolute atomic E-state index is 0.250. The summed E-state index contributed by atoms with van der Waals surface area (Å²) in [6.45, 7) is 1.20. The second kappa shape index (κ2) is 3.81. The number of rotatable bonds is 1. The summed E-state index contributed by atoms with van der Waals surface area (Å²) in [7, 11) is 0. The maximum absolute atomic E-state index is 10.2. The fraction of sp³-hybridized carbons (Fsp3) is 0.500. The second-order valence-corrected chi connectivity index (χ2v) is 1.69. The van der Waals surface area contributed by atoms with Crippen molar-refractivity contribution >= 4 is 11.9 Å². The number of esters is 2. The van der Waals surface area contributed by atoms with Gasteiger partial charge in [-0.15, -0.1) is 0 Å². The monoisotopic (exact) mass is 149 g/mol. The maximum atomic E-state index is 10.2. The molecule has 43 valence electrons. The van der Waals surface area contributed by atoms with Crippen molar-refractivity contribution in [1.82, 2.24) is 0 Å². The Bertz CT molecular complexity index is 110. The quantitative estimate of drug-likeness (QED) is 0.300. The van der Waals surface area contributed by atoms with Crippen molar-refractivity contribution in [2.75, 3.05) is 0 Å². The number of carbonyl (C=O) groups excluding carboxylic acids is 2. The van der Waals surface area contributed by atoms with Gasteiger partial charge in [-0.1, -0.05) is 0 Å². The Hall–Kier alpha value is -0.146. The molecule has 0 aliphatic heterocycles. The van der Waals surface area contributed by atoms with E-state index in [1.807, 2.05) is 0 Å². The summed E-state index contributed by atoms with van der Waals surface area (Å²) in [4.78, 5) is 20.1. The van der Waals surface area contributed by atoms with Crippen molar-refractivity contribution in [2.45, 2.75) is 11.6 Å². The molecule has 0 atom stereocenters. The van der Waals surface area contributed by atoms with E-state index in [4.69, 9.17) is 0 Å². The van der Waals surface area contributed by atoms with Crippen LogP contribution in [0.4, 0.5) is 0 Å². The van der Waals surface area contributed by atoms with E-state index in [2.05, 4.69) is 4.74 Å². The van der Waals surface area contributed by atoms with Crippen LogP contribution < -0.4 is 0 Å². The third kappa shape index (κ3) is 4.03. The molecule has 0 aliphatic carbocycles. The van der Waals surface area contributed by atoms with Crippen LogP contribution in [0.5, 0.6) is 0 Å². The Balaban J connectivity index is 3.40. The van der Waals surface area contributed by atoms with E-state index < -0.39 is 11.9 Å². The molecular weight excluding hydrogens is 144 g/mol. The first-order chi connectivity index (χ1) is 3.66. The van der Waals surface area contributed by atoms with Crippen LogP contribution in [-0.2, 0) is 34.8 Å². The van der Waals surface area contributed by atoms with E-state index >= 15 is 0 Å². The Morgan fingerprint density at radius 1 is 1.62 bits per heavy atom. The summed E-state index contributed by atoms with van der Waals surface area (Å²) < 4.78 is 4.37. The molecule has 0 aromatic carbocycles. The van der Waals surface area contributed by atoms with Crippen LogP contribution in [0.3, 0.4) is 0 Å². The summed E-state index contributed by atoms with van der Waals surface area (Å²) in [5.41, 5.74) is 0. The molecule has 0 aromatic rings. The van der Waals surface area contributed by atoms with E-state index in [1.54, 1.807) is 20.4 Å². The Morgan fingerprint density at radius 3 is 2.25 bits per heavy atom. The molecular formula is C4H5O3Ti. The van der Waals surface area contributed by atoms with Crippen molar-refractivity contribution in [3.8, 4) is 0 Å². The molecule has 0 radical (unpaired) electrons. The van der Waals surface area contributed by atoms with Crippen LogP contribution in [0.1, 0.15) is 6.92 Å². The molecule has 0 bridgehead atoms. The van der Waals surface area contributed by atoms with Crippen LogP contribution in [0.2, 0.25) is 4.73 Å². The van der Waals surface area contributed by atoms with Crippen LogP contribution in [0.25, 0.3) is 0 Å². The molecule has 0 fully saturated rings. The Morgan fingerprint density at radius 2 is 2.12 bits per heavy atom. The van der Waals surface area contributed by atoms with Gasteiger partial charge in [0.1, 0.15) is 0 Å². The molecule has 0 aliphatic rings. The van der Waals surface area contributed by atoms with E-state index in [-0.39, 0.29) is 4.73 Å². The van der Waals surface area contributed by atoms with Crippen LogP contribution in [0.15, 0.2) is 0 Å². The van der Waals surface area contributed by atoms with Gasteiger partial charge in [0.15, 0.2) is 0 Å². The second-order valence-electron chi connectivity index (χ2n) is 1.14. The van der Waals surface area contributed by atoms with Gasteiger partial charge in [-0.3, -0.25) is 0 Å². The predicted molar refractivity (Wildman–Crippen MR) is 21.6 cm³/mol. The number of hydrogen-bond donors (Lipinski definition) is 0. The molecule has 0 N–H and O–H groups in total. The molecule has 8 heavy (non-hydrogen) atoms. The van der Waals surface area contributed by atoms with Gasteiger partial charge in [0.2, 0.25) is 0 Å². The molecule has 4 heteroatoms. The van der Waals surface area contributed by atoms with Gasteiger partial charge in [0.25, 0.3) is 0 Å². The Labute approximate surface area is 58.8 Å². The van der Waals surface area contributed by atoms with Gasteiger partial charge in [-0.25, -0.2) is 0 Å². The standard InChI is InChI=1S/C4H5O3.Ti/c1-3(5)7-4(2)6;/h1H2,2H3;. The molecule has 0 rings (SSSR count). The summed E-state index contributed by atoms with van der Waals surface area (Å²) in [6, 6.07) is 0. The van der Waals surface area contributed by atoms with Gasteiger partial charge in [0, 0.05) is 0 Å². The van der Waals surface area contributed by atoms with Gasteiger partial charge >= 0.3 is 58.3 Å². The molecule has 0 saturated carbocycles. The summed E-state index contributed by atoms with van der Waals surface area (Å²) in [6.07, 6.45) is 0. The summed E-state index contributed by atoms with van der Waals surface area (Å²) in [5.74, 6) is -1.02. The molecule has 3 nitrogen and oxygen atoms in total. The molecule has 0 saturated heterocycles. The van der Waals surface area contributed by atoms with E-state index in [0.29, 0.717) is 0 Å². The van der Waals surface area contributed by atoms with Crippen molar-refractivity contribution in [1.29, 1.82) is 0 Å². The van der Waals surface area contributed by atoms with Gasteiger partial charge < -0.3 is 0 Å². The number of ether oxygens (including phenoxy) is 1. The van der Waals surface area contributed by atoms with E-state index in [1.165, 1.54) is 6.92 Å². The topological polar surface area (TPSA) is 43.4 Å². The first-order valence-electron chi connectivity index (χ1n) is 2.02. The van der Waals surface area contributed by atoms with Gasteiger partial charge in [-0.05, 0) is 0 Å². The predicted octanol–water partition coefficient (Wildman–Crippen LogP) is 0.0412. The fourth-order valence-electron chi connectivity index (χ4n) is 0.196. The normalized spacial score (nSPS) is 8.00. The Kier molecular flexibility index (Phi) is 3.74. The fourth-order valence-corrected chi connectivity index (χ4v) is 0.309. The van der Waals surface area contributed by atoms with Gasteiger partial charge in [0.05, 0.1) is 0 Å². The molecule has 0 amide bonds. The first kappa shape index (κ1) is 7.85. The van der Waals surface area contributed by atoms with Crippen LogP contribution in [0, 0.1) is 0 Å². The molecule has 0 unspecified atom stereocenters. The summed E-state index contributed by atoms with van der Waals surface area (Å²) >= 11 is 1.63. The molecule has 0 aromatic heterocycles. The number of carbonyl (C=O) groups is 2. The first-order valence-corrected chi connectivity index (χ1v) is 3.13. The average molecular weight is 149 g/mol. The van der Waals surface area contributed by atoms with E-state index in [0.717, 1.165) is 0 Å². The SMILES string of the molecule is CC(=O)OC(=O)[CH2][Ti]. The third-order valence-electron chi connectivity index (χ3n) is 0.402. The van der Waals surface area contributed by atoms with Crippen molar-refractivity contribution in [3.63, 3.8) is 0 Å². The van der Waals surface area contributed by atoms with Crippen molar-refractivity contribution < 1.29 is 34.8 Å². The zero-order valence-corrected chi connectivity index (χ0v) is 5.99. The van der Waals surface area contributed by atoms with E-state index in [9.17, 15) is 9.59 Å². The third-order valence-corrected chi connectivity index (χ3v) is 0.853. The minimum atomic E-state index is -0.545. The average Bonchev–Trinajstić information content (AvgIpc) is 1.65. The van der Waals surface area contributed by atoms with Gasteiger partial charge in [-0.2, -0.15) is 0 Å². The van der Waals surface area contributed by atoms with Crippen molar-refractivity contribution in [3.05, 3.63) is 0 Å².